The van der Waals surface area contributed by atoms with Crippen LogP contribution in [0.2, 0.25) is 0 Å². The normalized spacial score (nSPS) is 16.8. The minimum atomic E-state index is -2.12. The molecule has 0 spiro atoms. The van der Waals surface area contributed by atoms with Gasteiger partial charge in [0.25, 0.3) is 0 Å². The van der Waals surface area contributed by atoms with E-state index < -0.39 is 15.4 Å². The second kappa shape index (κ2) is 4.01. The molecule has 1 unspecified atom stereocenters. The first kappa shape index (κ1) is 12.3. The van der Waals surface area contributed by atoms with Crippen LogP contribution in [0, 0.1) is 0 Å². The number of hydrogen-bond acceptors (Lipinski definition) is 3. The zero-order valence-electron chi connectivity index (χ0n) is 6.60. The Morgan fingerprint density at radius 2 is 1.92 bits per heavy atom. The average Bonchev–Trinajstić information content (AvgIpc) is 1.85. The van der Waals surface area contributed by atoms with Gasteiger partial charge in [-0.1, -0.05) is 34.8 Å². The smallest absolute Gasteiger partial charge is 0.342 e. The molecule has 3 nitrogen and oxygen atoms in total. The predicted octanol–water partition coefficient (Wildman–Crippen LogP) is 1.67. The van der Waals surface area contributed by atoms with Crippen LogP contribution in [0.15, 0.2) is 0 Å². The first-order valence-corrected chi connectivity index (χ1v) is 4.33. The molecular formula is C6H9Cl3O3. The highest BCUT2D eigenvalue weighted by Gasteiger charge is 2.50. The zero-order valence-corrected chi connectivity index (χ0v) is 8.87. The van der Waals surface area contributed by atoms with Crippen molar-refractivity contribution < 1.29 is 14.6 Å². The van der Waals surface area contributed by atoms with Gasteiger partial charge in [-0.25, -0.2) is 4.79 Å². The molecular weight excluding hydrogens is 226 g/mol. The van der Waals surface area contributed by atoms with Crippen molar-refractivity contribution in [3.8, 4) is 0 Å². The van der Waals surface area contributed by atoms with Gasteiger partial charge in [0.1, 0.15) is 0 Å². The number of alkyl halides is 3. The number of esters is 1. The quantitative estimate of drug-likeness (QED) is 0.585. The summed E-state index contributed by atoms with van der Waals surface area (Å²) in [6.07, 6.45) is 0. The van der Waals surface area contributed by atoms with Crippen LogP contribution >= 0.6 is 34.8 Å². The van der Waals surface area contributed by atoms with Crippen LogP contribution in [-0.4, -0.2) is 27.1 Å². The standard InChI is InChI=1S/C6H9Cl3O3/c1-3-12-4(10)5(2,11)6(7,8)9/h11H,3H2,1-2H3. The monoisotopic (exact) mass is 234 g/mol. The molecule has 12 heavy (non-hydrogen) atoms. The van der Waals surface area contributed by atoms with Gasteiger partial charge < -0.3 is 9.84 Å². The largest absolute Gasteiger partial charge is 0.464 e. The van der Waals surface area contributed by atoms with E-state index >= 15 is 0 Å². The molecule has 0 aromatic rings. The van der Waals surface area contributed by atoms with Crippen LogP contribution in [0.1, 0.15) is 13.8 Å². The maximum atomic E-state index is 11.0. The Labute approximate surface area is 85.5 Å². The molecule has 0 aromatic carbocycles. The van der Waals surface area contributed by atoms with Gasteiger partial charge in [-0.15, -0.1) is 0 Å². The lowest BCUT2D eigenvalue weighted by Crippen LogP contribution is -2.48. The lowest BCUT2D eigenvalue weighted by Gasteiger charge is -2.27. The van der Waals surface area contributed by atoms with E-state index in [2.05, 4.69) is 4.74 Å². The van der Waals surface area contributed by atoms with Crippen LogP contribution < -0.4 is 0 Å². The summed E-state index contributed by atoms with van der Waals surface area (Å²) >= 11 is 16.0. The maximum Gasteiger partial charge on any atom is 0.342 e. The molecule has 0 saturated carbocycles. The highest BCUT2D eigenvalue weighted by atomic mass is 35.6. The van der Waals surface area contributed by atoms with Crippen molar-refractivity contribution in [2.75, 3.05) is 6.61 Å². The molecule has 0 radical (unpaired) electrons. The Balaban J connectivity index is 4.50. The first-order chi connectivity index (χ1) is 5.23. The van der Waals surface area contributed by atoms with Crippen molar-refractivity contribution in [2.24, 2.45) is 0 Å². The summed E-state index contributed by atoms with van der Waals surface area (Å²) in [5.74, 6) is -0.954. The molecule has 0 aliphatic carbocycles. The predicted molar refractivity (Wildman–Crippen MR) is 47.5 cm³/mol. The lowest BCUT2D eigenvalue weighted by molar-refractivity contribution is -0.162. The molecule has 0 saturated heterocycles. The second-order valence-corrected chi connectivity index (χ2v) is 4.57. The fourth-order valence-electron chi connectivity index (χ4n) is 0.387. The first-order valence-electron chi connectivity index (χ1n) is 3.19. The number of ether oxygens (including phenoxy) is 1. The molecule has 6 heteroatoms. The number of rotatable bonds is 2. The fraction of sp³-hybridized carbons (Fsp3) is 0.833. The minimum Gasteiger partial charge on any atom is -0.464 e. The minimum absolute atomic E-state index is 0.121. The molecule has 0 fully saturated rings. The molecule has 0 bridgehead atoms. The summed E-state index contributed by atoms with van der Waals surface area (Å²) < 4.78 is 2.41. The van der Waals surface area contributed by atoms with Crippen LogP contribution in [0.4, 0.5) is 0 Å². The van der Waals surface area contributed by atoms with Gasteiger partial charge in [-0.3, -0.25) is 0 Å². The molecule has 1 N–H and O–H groups in total. The Morgan fingerprint density at radius 3 is 2.17 bits per heavy atom. The van der Waals surface area contributed by atoms with Crippen molar-refractivity contribution in [3.63, 3.8) is 0 Å². The van der Waals surface area contributed by atoms with Gasteiger partial charge >= 0.3 is 5.97 Å². The SMILES string of the molecule is CCOC(=O)C(C)(O)C(Cl)(Cl)Cl. The van der Waals surface area contributed by atoms with Crippen LogP contribution in [0.25, 0.3) is 0 Å². The summed E-state index contributed by atoms with van der Waals surface area (Å²) in [4.78, 5) is 11.0. The Hall–Kier alpha value is 0.300. The third kappa shape index (κ3) is 2.66. The summed E-state index contributed by atoms with van der Waals surface area (Å²) in [6, 6.07) is 0. The average molecular weight is 235 g/mol. The van der Waals surface area contributed by atoms with E-state index in [1.165, 1.54) is 0 Å². The molecule has 0 heterocycles. The summed E-state index contributed by atoms with van der Waals surface area (Å²) in [5, 5.41) is 9.38. The highest BCUT2D eigenvalue weighted by Crippen LogP contribution is 2.38. The highest BCUT2D eigenvalue weighted by molar-refractivity contribution is 6.69. The Bertz CT molecular complexity index is 173. The molecule has 0 aromatic heterocycles. The van der Waals surface area contributed by atoms with Gasteiger partial charge in [0, 0.05) is 0 Å². The lowest BCUT2D eigenvalue weighted by atomic mass is 10.1. The van der Waals surface area contributed by atoms with Crippen molar-refractivity contribution in [3.05, 3.63) is 0 Å². The van der Waals surface area contributed by atoms with Gasteiger partial charge in [0.05, 0.1) is 6.61 Å². The van der Waals surface area contributed by atoms with E-state index in [0.717, 1.165) is 6.92 Å². The zero-order chi connectivity index (χ0) is 9.99. The molecule has 0 amide bonds. The molecule has 0 aliphatic rings. The van der Waals surface area contributed by atoms with Crippen LogP contribution in [0.5, 0.6) is 0 Å². The number of halogens is 3. The van der Waals surface area contributed by atoms with E-state index in [0.29, 0.717) is 0 Å². The van der Waals surface area contributed by atoms with Gasteiger partial charge in [0.2, 0.25) is 9.39 Å². The third-order valence-corrected chi connectivity index (χ3v) is 2.33. The van der Waals surface area contributed by atoms with Crippen LogP contribution in [0.3, 0.4) is 0 Å². The number of carbonyl (C=O) groups excluding carboxylic acids is 1. The van der Waals surface area contributed by atoms with Crippen molar-refractivity contribution in [1.29, 1.82) is 0 Å². The van der Waals surface area contributed by atoms with Crippen molar-refractivity contribution in [1.82, 2.24) is 0 Å². The fourth-order valence-corrected chi connectivity index (χ4v) is 0.619. The molecule has 0 rings (SSSR count). The summed E-state index contributed by atoms with van der Waals surface area (Å²) in [5.41, 5.74) is -2.12. The molecule has 72 valence electrons. The Kier molecular flexibility index (Phi) is 4.11. The molecule has 1 atom stereocenters. The van der Waals surface area contributed by atoms with Crippen molar-refractivity contribution >= 4 is 40.8 Å². The van der Waals surface area contributed by atoms with E-state index in [9.17, 15) is 9.90 Å². The second-order valence-electron chi connectivity index (χ2n) is 2.29. The maximum absolute atomic E-state index is 11.0. The van der Waals surface area contributed by atoms with Gasteiger partial charge in [0.15, 0.2) is 0 Å². The van der Waals surface area contributed by atoms with E-state index in [4.69, 9.17) is 34.8 Å². The van der Waals surface area contributed by atoms with E-state index in [-0.39, 0.29) is 6.61 Å². The van der Waals surface area contributed by atoms with E-state index in [1.54, 1.807) is 6.92 Å². The topological polar surface area (TPSA) is 46.5 Å². The van der Waals surface area contributed by atoms with Gasteiger partial charge in [-0.05, 0) is 13.8 Å². The van der Waals surface area contributed by atoms with Gasteiger partial charge in [-0.2, -0.15) is 0 Å². The van der Waals surface area contributed by atoms with E-state index in [1.807, 2.05) is 0 Å². The third-order valence-electron chi connectivity index (χ3n) is 1.22. The van der Waals surface area contributed by atoms with Crippen LogP contribution in [-0.2, 0) is 9.53 Å². The number of carbonyl (C=O) groups is 1. The Morgan fingerprint density at radius 1 is 1.50 bits per heavy atom. The summed E-state index contributed by atoms with van der Waals surface area (Å²) in [6.45, 7) is 2.79. The molecule has 0 aliphatic heterocycles. The summed E-state index contributed by atoms with van der Waals surface area (Å²) in [7, 11) is 0. The number of hydrogen-bond donors (Lipinski definition) is 1. The number of aliphatic hydroxyl groups is 1. The van der Waals surface area contributed by atoms with Crippen molar-refractivity contribution in [2.45, 2.75) is 23.2 Å².